The number of rotatable bonds is 5. The summed E-state index contributed by atoms with van der Waals surface area (Å²) in [4.78, 5) is 12.4. The normalized spacial score (nSPS) is 12.7. The molecule has 5 nitrogen and oxygen atoms in total. The predicted molar refractivity (Wildman–Crippen MR) is 107 cm³/mol. The van der Waals surface area contributed by atoms with Crippen molar-refractivity contribution in [2.45, 2.75) is 17.9 Å². The summed E-state index contributed by atoms with van der Waals surface area (Å²) < 4.78 is 28.4. The van der Waals surface area contributed by atoms with Gasteiger partial charge in [0.25, 0.3) is 0 Å². The van der Waals surface area contributed by atoms with E-state index in [2.05, 4.69) is 26.0 Å². The molecule has 0 fully saturated rings. The standard InChI is InChI=1S/C19H17BrN2O3S/c1-13(19(23)21-17-8-4-7-16(20)12-17)22-26(24,25)18-10-9-14-5-2-3-6-15(14)11-18/h2-13,22H,1H3,(H,21,23)/t13-/m0/s1. The molecule has 0 saturated carbocycles. The Hall–Kier alpha value is -2.22. The summed E-state index contributed by atoms with van der Waals surface area (Å²) in [6, 6.07) is 18.5. The zero-order valence-electron chi connectivity index (χ0n) is 13.9. The second kappa shape index (κ2) is 7.57. The molecular formula is C19H17BrN2O3S. The molecule has 0 aliphatic carbocycles. The van der Waals surface area contributed by atoms with Crippen LogP contribution in [0.25, 0.3) is 10.8 Å². The Morgan fingerprint density at radius 3 is 2.42 bits per heavy atom. The molecule has 0 aliphatic heterocycles. The number of anilines is 1. The van der Waals surface area contributed by atoms with E-state index < -0.39 is 22.0 Å². The van der Waals surface area contributed by atoms with Crippen molar-refractivity contribution in [2.24, 2.45) is 0 Å². The van der Waals surface area contributed by atoms with Crippen LogP contribution in [0.15, 0.2) is 76.1 Å². The lowest BCUT2D eigenvalue weighted by Crippen LogP contribution is -2.41. The molecule has 3 aromatic carbocycles. The lowest BCUT2D eigenvalue weighted by molar-refractivity contribution is -0.117. The van der Waals surface area contributed by atoms with E-state index in [-0.39, 0.29) is 4.90 Å². The third kappa shape index (κ3) is 4.30. The van der Waals surface area contributed by atoms with Crippen LogP contribution < -0.4 is 10.0 Å². The molecule has 0 radical (unpaired) electrons. The molecule has 3 rings (SSSR count). The highest BCUT2D eigenvalue weighted by atomic mass is 79.9. The Morgan fingerprint density at radius 1 is 0.962 bits per heavy atom. The maximum Gasteiger partial charge on any atom is 0.242 e. The van der Waals surface area contributed by atoms with Crippen LogP contribution in [0.1, 0.15) is 6.92 Å². The number of fused-ring (bicyclic) bond motifs is 1. The Bertz CT molecular complexity index is 1070. The van der Waals surface area contributed by atoms with E-state index in [0.29, 0.717) is 5.69 Å². The summed E-state index contributed by atoms with van der Waals surface area (Å²) in [6.07, 6.45) is 0. The Kier molecular flexibility index (Phi) is 5.41. The SMILES string of the molecule is C[C@H](NS(=O)(=O)c1ccc2ccccc2c1)C(=O)Nc1cccc(Br)c1. The van der Waals surface area contributed by atoms with Gasteiger partial charge < -0.3 is 5.32 Å². The van der Waals surface area contributed by atoms with Crippen LogP contribution in [0.4, 0.5) is 5.69 Å². The van der Waals surface area contributed by atoms with E-state index in [1.54, 1.807) is 30.3 Å². The molecular weight excluding hydrogens is 416 g/mol. The first-order valence-corrected chi connectivity index (χ1v) is 10.2. The van der Waals surface area contributed by atoms with E-state index >= 15 is 0 Å². The molecule has 1 atom stereocenters. The number of halogens is 1. The van der Waals surface area contributed by atoms with Crippen LogP contribution in [-0.2, 0) is 14.8 Å². The second-order valence-electron chi connectivity index (χ2n) is 5.85. The first kappa shape index (κ1) is 18.6. The molecule has 0 bridgehead atoms. The lowest BCUT2D eigenvalue weighted by atomic mass is 10.1. The van der Waals surface area contributed by atoms with Gasteiger partial charge in [-0.3, -0.25) is 4.79 Å². The van der Waals surface area contributed by atoms with Crippen LogP contribution in [0.2, 0.25) is 0 Å². The number of sulfonamides is 1. The van der Waals surface area contributed by atoms with Gasteiger partial charge in [0.15, 0.2) is 0 Å². The van der Waals surface area contributed by atoms with Gasteiger partial charge in [-0.1, -0.05) is 52.3 Å². The van der Waals surface area contributed by atoms with E-state index in [4.69, 9.17) is 0 Å². The molecule has 0 saturated heterocycles. The van der Waals surface area contributed by atoms with Gasteiger partial charge in [-0.15, -0.1) is 0 Å². The topological polar surface area (TPSA) is 75.3 Å². The molecule has 2 N–H and O–H groups in total. The van der Waals surface area contributed by atoms with Crippen LogP contribution >= 0.6 is 15.9 Å². The Morgan fingerprint density at radius 2 is 1.69 bits per heavy atom. The fraction of sp³-hybridized carbons (Fsp3) is 0.105. The zero-order chi connectivity index (χ0) is 18.7. The van der Waals surface area contributed by atoms with Crippen molar-refractivity contribution in [3.8, 4) is 0 Å². The van der Waals surface area contributed by atoms with E-state index in [0.717, 1.165) is 15.2 Å². The van der Waals surface area contributed by atoms with Crippen LogP contribution in [0, 0.1) is 0 Å². The van der Waals surface area contributed by atoms with Crippen molar-refractivity contribution in [1.29, 1.82) is 0 Å². The van der Waals surface area contributed by atoms with Crippen LogP contribution in [0.5, 0.6) is 0 Å². The quantitative estimate of drug-likeness (QED) is 0.641. The minimum atomic E-state index is -3.82. The summed E-state index contributed by atoms with van der Waals surface area (Å²) in [7, 11) is -3.82. The van der Waals surface area contributed by atoms with Gasteiger partial charge in [0.05, 0.1) is 10.9 Å². The van der Waals surface area contributed by atoms with Crippen molar-refractivity contribution in [3.63, 3.8) is 0 Å². The molecule has 0 heterocycles. The first-order chi connectivity index (χ1) is 12.3. The maximum absolute atomic E-state index is 12.6. The van der Waals surface area contributed by atoms with E-state index in [9.17, 15) is 13.2 Å². The van der Waals surface area contributed by atoms with E-state index in [1.165, 1.54) is 13.0 Å². The predicted octanol–water partition coefficient (Wildman–Crippen LogP) is 3.91. The van der Waals surface area contributed by atoms with Gasteiger partial charge in [0.1, 0.15) is 0 Å². The van der Waals surface area contributed by atoms with Gasteiger partial charge in [-0.05, 0) is 48.0 Å². The highest BCUT2D eigenvalue weighted by molar-refractivity contribution is 9.10. The maximum atomic E-state index is 12.6. The number of carbonyl (C=O) groups excluding carboxylic acids is 1. The number of carbonyl (C=O) groups is 1. The van der Waals surface area contributed by atoms with Crippen molar-refractivity contribution < 1.29 is 13.2 Å². The molecule has 7 heteroatoms. The van der Waals surface area contributed by atoms with Crippen molar-refractivity contribution in [2.75, 3.05) is 5.32 Å². The van der Waals surface area contributed by atoms with Gasteiger partial charge in [0, 0.05) is 10.2 Å². The fourth-order valence-electron chi connectivity index (χ4n) is 2.51. The molecule has 0 aromatic heterocycles. The zero-order valence-corrected chi connectivity index (χ0v) is 16.3. The second-order valence-corrected chi connectivity index (χ2v) is 8.48. The molecule has 0 spiro atoms. The summed E-state index contributed by atoms with van der Waals surface area (Å²) in [5, 5.41) is 4.46. The fourth-order valence-corrected chi connectivity index (χ4v) is 4.14. The molecule has 134 valence electrons. The first-order valence-electron chi connectivity index (χ1n) is 7.93. The van der Waals surface area contributed by atoms with Crippen molar-refractivity contribution in [1.82, 2.24) is 4.72 Å². The minimum absolute atomic E-state index is 0.123. The lowest BCUT2D eigenvalue weighted by Gasteiger charge is -2.15. The highest BCUT2D eigenvalue weighted by Gasteiger charge is 2.22. The monoisotopic (exact) mass is 432 g/mol. The van der Waals surface area contributed by atoms with Gasteiger partial charge in [-0.2, -0.15) is 4.72 Å². The van der Waals surface area contributed by atoms with Crippen molar-refractivity contribution >= 4 is 48.3 Å². The largest absolute Gasteiger partial charge is 0.325 e. The number of amides is 1. The Labute approximate surface area is 160 Å². The summed E-state index contributed by atoms with van der Waals surface area (Å²) >= 11 is 3.33. The van der Waals surface area contributed by atoms with E-state index in [1.807, 2.05) is 30.3 Å². The summed E-state index contributed by atoms with van der Waals surface area (Å²) in [6.45, 7) is 1.51. The molecule has 26 heavy (non-hydrogen) atoms. The smallest absolute Gasteiger partial charge is 0.242 e. The number of hydrogen-bond donors (Lipinski definition) is 2. The van der Waals surface area contributed by atoms with Crippen LogP contribution in [0.3, 0.4) is 0 Å². The number of nitrogens with one attached hydrogen (secondary N) is 2. The molecule has 1 amide bonds. The number of hydrogen-bond acceptors (Lipinski definition) is 3. The van der Waals surface area contributed by atoms with Crippen LogP contribution in [-0.4, -0.2) is 20.4 Å². The summed E-state index contributed by atoms with van der Waals surface area (Å²) in [5.74, 6) is -0.438. The third-order valence-electron chi connectivity index (χ3n) is 3.85. The van der Waals surface area contributed by atoms with Crippen molar-refractivity contribution in [3.05, 3.63) is 71.2 Å². The van der Waals surface area contributed by atoms with Gasteiger partial charge >= 0.3 is 0 Å². The van der Waals surface area contributed by atoms with Gasteiger partial charge in [-0.25, -0.2) is 8.42 Å². The molecule has 0 unspecified atom stereocenters. The Balaban J connectivity index is 1.75. The average Bonchev–Trinajstić information content (AvgIpc) is 2.61. The third-order valence-corrected chi connectivity index (χ3v) is 5.88. The highest BCUT2D eigenvalue weighted by Crippen LogP contribution is 2.19. The average molecular weight is 433 g/mol. The molecule has 0 aliphatic rings. The minimum Gasteiger partial charge on any atom is -0.325 e. The number of benzene rings is 3. The summed E-state index contributed by atoms with van der Waals surface area (Å²) in [5.41, 5.74) is 0.584. The van der Waals surface area contributed by atoms with Gasteiger partial charge in [0.2, 0.25) is 15.9 Å². The molecule has 3 aromatic rings.